The molecule has 1 heterocycles. The highest BCUT2D eigenvalue weighted by molar-refractivity contribution is 6.05. The van der Waals surface area contributed by atoms with Crippen LogP contribution in [0.1, 0.15) is 12.0 Å². The summed E-state index contributed by atoms with van der Waals surface area (Å²) < 4.78 is 0. The fraction of sp³-hybridized carbons (Fsp3) is 0.273. The summed E-state index contributed by atoms with van der Waals surface area (Å²) in [6.07, 6.45) is 0.301. The van der Waals surface area contributed by atoms with Crippen molar-refractivity contribution < 1.29 is 14.7 Å². The van der Waals surface area contributed by atoms with E-state index in [-0.39, 0.29) is 12.5 Å². The number of carbonyl (C=O) groups is 2. The molecule has 2 N–H and O–H groups in total. The van der Waals surface area contributed by atoms with Crippen LogP contribution in [0.2, 0.25) is 0 Å². The highest BCUT2D eigenvalue weighted by Gasteiger charge is 2.23. The number of hydrogen-bond acceptors (Lipinski definition) is 3. The molecule has 1 aromatic rings. The van der Waals surface area contributed by atoms with Crippen molar-refractivity contribution in [1.82, 2.24) is 5.32 Å². The van der Waals surface area contributed by atoms with Crippen LogP contribution in [0.4, 0.5) is 10.5 Å². The Morgan fingerprint density at radius 1 is 1.38 bits per heavy atom. The fourth-order valence-corrected chi connectivity index (χ4v) is 1.63. The molecule has 0 aromatic heterocycles. The quantitative estimate of drug-likeness (QED) is 0.767. The first-order valence-electron chi connectivity index (χ1n) is 5.02. The number of imide groups is 1. The third-order valence-corrected chi connectivity index (χ3v) is 2.46. The Labute approximate surface area is 92.7 Å². The van der Waals surface area contributed by atoms with Crippen LogP contribution in [0, 0.1) is 0 Å². The molecule has 0 saturated carbocycles. The zero-order valence-electron chi connectivity index (χ0n) is 8.64. The Hall–Kier alpha value is -1.88. The van der Waals surface area contributed by atoms with Crippen LogP contribution in [0.5, 0.6) is 0 Å². The van der Waals surface area contributed by atoms with Gasteiger partial charge < -0.3 is 5.11 Å². The second-order valence-electron chi connectivity index (χ2n) is 3.58. The van der Waals surface area contributed by atoms with E-state index in [1.54, 1.807) is 24.3 Å². The number of amides is 3. The molecule has 0 aliphatic carbocycles. The molecule has 0 bridgehead atoms. The Morgan fingerprint density at radius 3 is 2.88 bits per heavy atom. The van der Waals surface area contributed by atoms with Gasteiger partial charge in [0.05, 0.1) is 6.61 Å². The van der Waals surface area contributed by atoms with E-state index in [4.69, 9.17) is 5.11 Å². The van der Waals surface area contributed by atoms with Crippen molar-refractivity contribution in [1.29, 1.82) is 0 Å². The Balaban J connectivity index is 2.23. The van der Waals surface area contributed by atoms with Crippen LogP contribution in [0.15, 0.2) is 24.3 Å². The van der Waals surface area contributed by atoms with Gasteiger partial charge in [-0.15, -0.1) is 0 Å². The maximum atomic E-state index is 11.5. The van der Waals surface area contributed by atoms with Crippen molar-refractivity contribution in [2.45, 2.75) is 13.0 Å². The Morgan fingerprint density at radius 2 is 2.19 bits per heavy atom. The van der Waals surface area contributed by atoms with Gasteiger partial charge in [0.2, 0.25) is 5.91 Å². The molecule has 0 radical (unpaired) electrons. The summed E-state index contributed by atoms with van der Waals surface area (Å²) in [4.78, 5) is 24.0. The average molecular weight is 220 g/mol. The third-order valence-electron chi connectivity index (χ3n) is 2.46. The van der Waals surface area contributed by atoms with Gasteiger partial charge >= 0.3 is 6.03 Å². The van der Waals surface area contributed by atoms with Crippen molar-refractivity contribution in [3.8, 4) is 0 Å². The van der Waals surface area contributed by atoms with Gasteiger partial charge in [0.25, 0.3) is 0 Å². The number of aliphatic hydroxyl groups is 1. The molecule has 0 unspecified atom stereocenters. The van der Waals surface area contributed by atoms with Crippen LogP contribution in [-0.2, 0) is 11.4 Å². The summed E-state index contributed by atoms with van der Waals surface area (Å²) in [6.45, 7) is 0.307. The monoisotopic (exact) mass is 220 g/mol. The molecule has 1 aromatic carbocycles. The number of nitrogens with one attached hydrogen (secondary N) is 1. The van der Waals surface area contributed by atoms with Crippen molar-refractivity contribution in [3.63, 3.8) is 0 Å². The summed E-state index contributed by atoms with van der Waals surface area (Å²) in [5, 5.41) is 11.2. The standard InChI is InChI=1S/C11H12N2O3/c14-7-8-2-1-3-9(6-8)13-5-4-10(15)12-11(13)16/h1-3,6,14H,4-5,7H2,(H,12,15,16). The number of hydrogen-bond donors (Lipinski definition) is 2. The lowest BCUT2D eigenvalue weighted by molar-refractivity contribution is -0.120. The molecule has 1 aliphatic heterocycles. The second-order valence-corrected chi connectivity index (χ2v) is 3.58. The van der Waals surface area contributed by atoms with Gasteiger partial charge in [-0.3, -0.25) is 15.0 Å². The number of anilines is 1. The van der Waals surface area contributed by atoms with E-state index in [0.717, 1.165) is 5.56 Å². The number of benzene rings is 1. The van der Waals surface area contributed by atoms with E-state index in [2.05, 4.69) is 5.32 Å². The molecule has 5 heteroatoms. The smallest absolute Gasteiger partial charge is 0.328 e. The van der Waals surface area contributed by atoms with Gasteiger partial charge in [-0.1, -0.05) is 12.1 Å². The summed E-state index contributed by atoms with van der Waals surface area (Å²) >= 11 is 0. The maximum absolute atomic E-state index is 11.5. The predicted molar refractivity (Wildman–Crippen MR) is 57.9 cm³/mol. The Bertz CT molecular complexity index is 431. The lowest BCUT2D eigenvalue weighted by atomic mass is 10.2. The minimum absolute atomic E-state index is 0.0672. The van der Waals surface area contributed by atoms with E-state index in [1.807, 2.05) is 0 Å². The number of urea groups is 1. The van der Waals surface area contributed by atoms with Gasteiger partial charge in [0.1, 0.15) is 0 Å². The molecular formula is C11H12N2O3. The predicted octanol–water partition coefficient (Wildman–Crippen LogP) is 0.625. The van der Waals surface area contributed by atoms with Crippen LogP contribution in [0.3, 0.4) is 0 Å². The molecular weight excluding hydrogens is 208 g/mol. The van der Waals surface area contributed by atoms with E-state index < -0.39 is 6.03 Å². The lowest BCUT2D eigenvalue weighted by Gasteiger charge is -2.26. The molecule has 0 atom stereocenters. The minimum atomic E-state index is -0.411. The topological polar surface area (TPSA) is 69.6 Å². The summed E-state index contributed by atoms with van der Waals surface area (Å²) in [6, 6.07) is 6.64. The minimum Gasteiger partial charge on any atom is -0.392 e. The van der Waals surface area contributed by atoms with E-state index in [9.17, 15) is 9.59 Å². The largest absolute Gasteiger partial charge is 0.392 e. The maximum Gasteiger partial charge on any atom is 0.328 e. The molecule has 1 fully saturated rings. The van der Waals surface area contributed by atoms with Crippen molar-refractivity contribution in [3.05, 3.63) is 29.8 Å². The molecule has 0 spiro atoms. The lowest BCUT2D eigenvalue weighted by Crippen LogP contribution is -2.49. The zero-order valence-corrected chi connectivity index (χ0v) is 8.64. The van der Waals surface area contributed by atoms with Crippen molar-refractivity contribution >= 4 is 17.6 Å². The second kappa shape index (κ2) is 4.32. The van der Waals surface area contributed by atoms with Crippen molar-refractivity contribution in [2.24, 2.45) is 0 Å². The highest BCUT2D eigenvalue weighted by Crippen LogP contribution is 2.18. The molecule has 1 saturated heterocycles. The summed E-state index contributed by atoms with van der Waals surface area (Å²) in [5.74, 6) is -0.250. The molecule has 16 heavy (non-hydrogen) atoms. The third kappa shape index (κ3) is 2.04. The first kappa shape index (κ1) is 10.6. The van der Waals surface area contributed by atoms with Crippen LogP contribution in [-0.4, -0.2) is 23.6 Å². The van der Waals surface area contributed by atoms with Gasteiger partial charge in [-0.25, -0.2) is 4.79 Å². The van der Waals surface area contributed by atoms with Gasteiger partial charge in [0.15, 0.2) is 0 Å². The average Bonchev–Trinajstić information content (AvgIpc) is 2.29. The molecule has 2 rings (SSSR count). The highest BCUT2D eigenvalue weighted by atomic mass is 16.3. The number of nitrogens with zero attached hydrogens (tertiary/aromatic N) is 1. The first-order valence-corrected chi connectivity index (χ1v) is 5.02. The zero-order chi connectivity index (χ0) is 11.5. The normalized spacial score (nSPS) is 16.2. The van der Waals surface area contributed by atoms with Crippen LogP contribution >= 0.6 is 0 Å². The van der Waals surface area contributed by atoms with E-state index in [0.29, 0.717) is 18.7 Å². The van der Waals surface area contributed by atoms with Crippen LogP contribution in [0.25, 0.3) is 0 Å². The number of aliphatic hydroxyl groups excluding tert-OH is 1. The summed E-state index contributed by atoms with van der Waals surface area (Å²) in [5.41, 5.74) is 1.43. The van der Waals surface area contributed by atoms with E-state index >= 15 is 0 Å². The van der Waals surface area contributed by atoms with Gasteiger partial charge in [0, 0.05) is 18.7 Å². The SMILES string of the molecule is O=C1CCN(c2cccc(CO)c2)C(=O)N1. The Kier molecular flexibility index (Phi) is 2.87. The van der Waals surface area contributed by atoms with Crippen LogP contribution < -0.4 is 10.2 Å². The van der Waals surface area contributed by atoms with E-state index in [1.165, 1.54) is 4.90 Å². The van der Waals surface area contributed by atoms with Gasteiger partial charge in [-0.2, -0.15) is 0 Å². The molecule has 5 nitrogen and oxygen atoms in total. The number of carbonyl (C=O) groups excluding carboxylic acids is 2. The summed E-state index contributed by atoms with van der Waals surface area (Å²) in [7, 11) is 0. The number of rotatable bonds is 2. The molecule has 1 aliphatic rings. The molecule has 84 valence electrons. The fourth-order valence-electron chi connectivity index (χ4n) is 1.63. The molecule has 3 amide bonds. The first-order chi connectivity index (χ1) is 7.70. The van der Waals surface area contributed by atoms with Gasteiger partial charge in [-0.05, 0) is 17.7 Å². The van der Waals surface area contributed by atoms with Crippen molar-refractivity contribution in [2.75, 3.05) is 11.4 Å².